The summed E-state index contributed by atoms with van der Waals surface area (Å²) in [5.41, 5.74) is -1.30. The molecule has 2 rings (SSSR count). The lowest BCUT2D eigenvalue weighted by atomic mass is 10.1. The first-order valence-corrected chi connectivity index (χ1v) is 10.7. The maximum absolute atomic E-state index is 13.2. The Morgan fingerprint density at radius 2 is 2.03 bits per heavy atom. The second kappa shape index (κ2) is 11.0. The largest absolute Gasteiger partial charge is 0.491 e. The van der Waals surface area contributed by atoms with E-state index in [9.17, 15) is 26.8 Å². The molecule has 1 aromatic heterocycles. The number of aromatic amines is 1. The molecule has 30 heavy (non-hydrogen) atoms. The molecule has 1 atom stereocenters. The monoisotopic (exact) mass is 447 g/mol. The van der Waals surface area contributed by atoms with Crippen molar-refractivity contribution >= 4 is 10.0 Å². The number of rotatable bonds is 12. The van der Waals surface area contributed by atoms with Gasteiger partial charge in [0.05, 0.1) is 11.9 Å². The molecule has 0 aliphatic carbocycles. The van der Waals surface area contributed by atoms with E-state index in [1.165, 1.54) is 0 Å². The van der Waals surface area contributed by atoms with Crippen LogP contribution >= 0.6 is 0 Å². The van der Waals surface area contributed by atoms with Crippen LogP contribution in [0.3, 0.4) is 0 Å². The number of nitrogens with one attached hydrogen (secondary N) is 2. The molecule has 0 saturated carbocycles. The number of benzene rings is 1. The number of H-pyrrole nitrogens is 1. The van der Waals surface area contributed by atoms with Crippen LogP contribution in [-0.2, 0) is 21.5 Å². The van der Waals surface area contributed by atoms with E-state index >= 15 is 0 Å². The molecule has 1 heterocycles. The molecule has 1 aromatic carbocycles. The van der Waals surface area contributed by atoms with Gasteiger partial charge in [-0.2, -0.15) is 4.39 Å². The van der Waals surface area contributed by atoms with Gasteiger partial charge in [0.15, 0.2) is 0 Å². The van der Waals surface area contributed by atoms with E-state index in [0.29, 0.717) is 17.5 Å². The van der Waals surface area contributed by atoms with Gasteiger partial charge in [-0.05, 0) is 31.0 Å². The quantitative estimate of drug-likeness (QED) is 0.470. The van der Waals surface area contributed by atoms with Crippen molar-refractivity contribution < 1.29 is 26.7 Å². The van der Waals surface area contributed by atoms with Crippen molar-refractivity contribution in [2.75, 3.05) is 25.6 Å². The van der Waals surface area contributed by atoms with Gasteiger partial charge >= 0.3 is 5.69 Å². The summed E-state index contributed by atoms with van der Waals surface area (Å²) in [6.45, 7) is 0.623. The third kappa shape index (κ3) is 7.35. The highest BCUT2D eigenvalue weighted by atomic mass is 32.2. The minimum Gasteiger partial charge on any atom is -0.491 e. The predicted molar refractivity (Wildman–Crippen MR) is 105 cm³/mol. The van der Waals surface area contributed by atoms with Gasteiger partial charge in [-0.25, -0.2) is 22.3 Å². The van der Waals surface area contributed by atoms with Crippen molar-refractivity contribution in [3.63, 3.8) is 0 Å². The van der Waals surface area contributed by atoms with Gasteiger partial charge in [-0.15, -0.1) is 0 Å². The molecule has 0 spiro atoms. The lowest BCUT2D eigenvalue weighted by Crippen LogP contribution is -2.32. The van der Waals surface area contributed by atoms with Gasteiger partial charge in [0.1, 0.15) is 25.8 Å². The lowest BCUT2D eigenvalue weighted by molar-refractivity contribution is 0.0736. The number of alkyl halides is 1. The molecule has 0 amide bonds. The molecule has 9 nitrogen and oxygen atoms in total. The van der Waals surface area contributed by atoms with Crippen LogP contribution in [-0.4, -0.2) is 43.6 Å². The van der Waals surface area contributed by atoms with Gasteiger partial charge in [-0.3, -0.25) is 14.3 Å². The van der Waals surface area contributed by atoms with Crippen LogP contribution in [0.15, 0.2) is 40.1 Å². The van der Waals surface area contributed by atoms with E-state index in [2.05, 4.69) is 4.72 Å². The number of halogens is 2. The van der Waals surface area contributed by atoms with E-state index in [1.54, 1.807) is 36.2 Å². The van der Waals surface area contributed by atoms with Crippen LogP contribution in [0, 0.1) is 5.82 Å². The molecule has 2 N–H and O–H groups in total. The third-order valence-electron chi connectivity index (χ3n) is 3.96. The second-order valence-corrected chi connectivity index (χ2v) is 8.24. The highest BCUT2D eigenvalue weighted by Gasteiger charge is 2.16. The SMILES string of the molecule is C[C@@H](NS(=O)(=O)CCCOCn1cc(F)c(=O)[nH]c1=O)c1cccc(OCCF)c1. The summed E-state index contributed by atoms with van der Waals surface area (Å²) in [4.78, 5) is 24.2. The summed E-state index contributed by atoms with van der Waals surface area (Å²) in [5, 5.41) is 0. The molecular weight excluding hydrogens is 424 g/mol. The smallest absolute Gasteiger partial charge is 0.330 e. The standard InChI is InChI=1S/C18H23F2N3O6S/c1-13(14-4-2-5-15(10-14)29-8-6-19)22-30(26,27)9-3-7-28-12-23-11-16(20)17(24)21-18(23)25/h2,4-5,10-11,13,22H,3,6-9,12H2,1H3,(H,21,24,25)/t13-/m1/s1. The van der Waals surface area contributed by atoms with Crippen molar-refractivity contribution in [3.8, 4) is 5.75 Å². The number of sulfonamides is 1. The Morgan fingerprint density at radius 3 is 2.77 bits per heavy atom. The zero-order valence-corrected chi connectivity index (χ0v) is 17.1. The molecule has 0 fully saturated rings. The van der Waals surface area contributed by atoms with Crippen molar-refractivity contribution in [3.05, 3.63) is 62.7 Å². The number of hydrogen-bond donors (Lipinski definition) is 2. The molecule has 12 heteroatoms. The van der Waals surface area contributed by atoms with Crippen LogP contribution in [0.25, 0.3) is 0 Å². The number of aromatic nitrogens is 2. The summed E-state index contributed by atoms with van der Waals surface area (Å²) < 4.78 is 63.6. The Bertz CT molecular complexity index is 1050. The van der Waals surface area contributed by atoms with Crippen molar-refractivity contribution in [1.82, 2.24) is 14.3 Å². The lowest BCUT2D eigenvalue weighted by Gasteiger charge is -2.16. The molecule has 166 valence electrons. The molecule has 0 unspecified atom stereocenters. The summed E-state index contributed by atoms with van der Waals surface area (Å²) in [5.74, 6) is -0.916. The predicted octanol–water partition coefficient (Wildman–Crippen LogP) is 1.07. The van der Waals surface area contributed by atoms with E-state index < -0.39 is 39.8 Å². The summed E-state index contributed by atoms with van der Waals surface area (Å²) >= 11 is 0. The average Bonchev–Trinajstić information content (AvgIpc) is 2.69. The van der Waals surface area contributed by atoms with Crippen molar-refractivity contribution in [2.45, 2.75) is 26.1 Å². The van der Waals surface area contributed by atoms with Crippen LogP contribution in [0.4, 0.5) is 8.78 Å². The highest BCUT2D eigenvalue weighted by Crippen LogP contribution is 2.20. The van der Waals surface area contributed by atoms with Gasteiger partial charge in [0, 0.05) is 12.6 Å². The first-order chi connectivity index (χ1) is 14.2. The fraction of sp³-hybridized carbons (Fsp3) is 0.444. The van der Waals surface area contributed by atoms with Crippen LogP contribution in [0.5, 0.6) is 5.75 Å². The number of hydrogen-bond acceptors (Lipinski definition) is 6. The zero-order valence-electron chi connectivity index (χ0n) is 16.3. The van der Waals surface area contributed by atoms with Crippen LogP contribution in [0.1, 0.15) is 24.9 Å². The van der Waals surface area contributed by atoms with Crippen molar-refractivity contribution in [1.29, 1.82) is 0 Å². The highest BCUT2D eigenvalue weighted by molar-refractivity contribution is 7.89. The molecule has 0 aliphatic rings. The van der Waals surface area contributed by atoms with Crippen molar-refractivity contribution in [2.24, 2.45) is 0 Å². The second-order valence-electron chi connectivity index (χ2n) is 6.37. The first-order valence-electron chi connectivity index (χ1n) is 9.07. The molecule has 0 aliphatic heterocycles. The van der Waals surface area contributed by atoms with Crippen LogP contribution in [0.2, 0.25) is 0 Å². The molecule has 0 saturated heterocycles. The topological polar surface area (TPSA) is 119 Å². The zero-order chi connectivity index (χ0) is 22.1. The van der Waals surface area contributed by atoms with Gasteiger partial charge in [0.25, 0.3) is 5.56 Å². The van der Waals surface area contributed by atoms with E-state index in [4.69, 9.17) is 9.47 Å². The summed E-state index contributed by atoms with van der Waals surface area (Å²) in [7, 11) is -3.63. The third-order valence-corrected chi connectivity index (χ3v) is 5.50. The minimum atomic E-state index is -3.63. The van der Waals surface area contributed by atoms with Gasteiger partial charge in [0.2, 0.25) is 15.8 Å². The number of nitrogens with zero attached hydrogens (tertiary/aromatic N) is 1. The first kappa shape index (κ1) is 23.7. The Hall–Kier alpha value is -2.57. The normalized spacial score (nSPS) is 12.6. The number of ether oxygens (including phenoxy) is 2. The molecule has 0 radical (unpaired) electrons. The molecule has 2 aromatic rings. The average molecular weight is 447 g/mol. The van der Waals surface area contributed by atoms with Gasteiger partial charge in [-0.1, -0.05) is 12.1 Å². The van der Waals surface area contributed by atoms with E-state index in [0.717, 1.165) is 4.57 Å². The van der Waals surface area contributed by atoms with Crippen LogP contribution < -0.4 is 20.7 Å². The summed E-state index contributed by atoms with van der Waals surface area (Å²) in [6.07, 6.45) is 0.842. The fourth-order valence-corrected chi connectivity index (χ4v) is 3.81. The van der Waals surface area contributed by atoms with E-state index in [1.807, 2.05) is 0 Å². The molecule has 0 bridgehead atoms. The Morgan fingerprint density at radius 1 is 1.27 bits per heavy atom. The Labute approximate surface area is 171 Å². The summed E-state index contributed by atoms with van der Waals surface area (Å²) in [6, 6.07) is 6.15. The Kier molecular flexibility index (Phi) is 8.69. The maximum Gasteiger partial charge on any atom is 0.330 e. The maximum atomic E-state index is 13.2. The van der Waals surface area contributed by atoms with Gasteiger partial charge < -0.3 is 9.47 Å². The Balaban J connectivity index is 1.81. The fourth-order valence-electron chi connectivity index (χ4n) is 2.52. The minimum absolute atomic E-state index is 0.00493. The van der Waals surface area contributed by atoms with E-state index in [-0.39, 0.29) is 32.1 Å². The molecular formula is C18H23F2N3O6S.